The van der Waals surface area contributed by atoms with E-state index in [1.165, 1.54) is 16.8 Å². The van der Waals surface area contributed by atoms with Gasteiger partial charge >= 0.3 is 0 Å². The summed E-state index contributed by atoms with van der Waals surface area (Å²) in [6.45, 7) is 11.5. The van der Waals surface area contributed by atoms with Crippen molar-refractivity contribution in [2.45, 2.75) is 40.8 Å². The lowest BCUT2D eigenvalue weighted by atomic mass is 10.0. The van der Waals surface area contributed by atoms with Crippen molar-refractivity contribution < 1.29 is 0 Å². The smallest absolute Gasteiger partial charge is 0.139 e. The minimum Gasteiger partial charge on any atom is -0.326 e. The minimum atomic E-state index is 0.603. The summed E-state index contributed by atoms with van der Waals surface area (Å²) in [4.78, 5) is 9.61. The van der Waals surface area contributed by atoms with Crippen molar-refractivity contribution >= 4 is 5.69 Å². The molecule has 4 heteroatoms. The topological polar surface area (TPSA) is 51.8 Å². The fourth-order valence-electron chi connectivity index (χ4n) is 4.28. The first-order valence-corrected chi connectivity index (χ1v) is 9.91. The maximum atomic E-state index is 6.16. The normalized spacial score (nSPS) is 11.6. The van der Waals surface area contributed by atoms with Gasteiger partial charge in [-0.05, 0) is 52.0 Å². The van der Waals surface area contributed by atoms with Crippen LogP contribution in [0.2, 0.25) is 0 Å². The molecule has 1 aromatic carbocycles. The van der Waals surface area contributed by atoms with Gasteiger partial charge in [-0.2, -0.15) is 0 Å². The monoisotopic (exact) mass is 375 g/mol. The number of nitrogens with zero attached hydrogens (tertiary/aromatic N) is 3. The van der Waals surface area contributed by atoms with Crippen molar-refractivity contribution in [2.24, 2.45) is 5.73 Å². The number of pyridine rings is 2. The Kier molecular flexibility index (Phi) is 6.22. The highest BCUT2D eigenvalue weighted by atomic mass is 15.4. The lowest BCUT2D eigenvalue weighted by Crippen LogP contribution is -2.52. The largest absolute Gasteiger partial charge is 0.326 e. The van der Waals surface area contributed by atoms with E-state index in [0.29, 0.717) is 6.54 Å². The summed E-state index contributed by atoms with van der Waals surface area (Å²) in [5.41, 5.74) is 14.3. The quantitative estimate of drug-likeness (QED) is 0.624. The van der Waals surface area contributed by atoms with Crippen LogP contribution >= 0.6 is 0 Å². The van der Waals surface area contributed by atoms with Crippen molar-refractivity contribution in [3.05, 3.63) is 88.5 Å². The Balaban J connectivity index is 2.17. The van der Waals surface area contributed by atoms with Gasteiger partial charge in [0, 0.05) is 29.1 Å². The number of rotatable bonds is 7. The standard InChI is InChI=1S/C24H31N4/c1-18-8-5-9-19(2)24(18)28(15-14-25,16-22-12-6-10-20(3)26-22)17-23-13-7-11-21(4)27-23/h5-13H,14-17,25H2,1-4H3/q+1. The van der Waals surface area contributed by atoms with Gasteiger partial charge in [0.05, 0.1) is 17.9 Å². The number of benzene rings is 1. The van der Waals surface area contributed by atoms with Crippen molar-refractivity contribution in [3.63, 3.8) is 0 Å². The van der Waals surface area contributed by atoms with E-state index in [4.69, 9.17) is 15.7 Å². The van der Waals surface area contributed by atoms with Crippen molar-refractivity contribution in [1.29, 1.82) is 0 Å². The second-order valence-corrected chi connectivity index (χ2v) is 7.75. The molecule has 3 rings (SSSR count). The Morgan fingerprint density at radius 2 is 1.18 bits per heavy atom. The molecule has 0 spiro atoms. The van der Waals surface area contributed by atoms with Crippen molar-refractivity contribution in [3.8, 4) is 0 Å². The highest BCUT2D eigenvalue weighted by molar-refractivity contribution is 5.56. The number of aromatic nitrogens is 2. The van der Waals surface area contributed by atoms with Gasteiger partial charge in [0.2, 0.25) is 0 Å². The molecule has 0 aliphatic carbocycles. The van der Waals surface area contributed by atoms with Crippen LogP contribution in [0.5, 0.6) is 0 Å². The van der Waals surface area contributed by atoms with Crippen LogP contribution in [0.15, 0.2) is 54.6 Å². The van der Waals surface area contributed by atoms with Gasteiger partial charge in [0.25, 0.3) is 0 Å². The summed E-state index contributed by atoms with van der Waals surface area (Å²) in [5, 5.41) is 0. The van der Waals surface area contributed by atoms with Crippen molar-refractivity contribution in [1.82, 2.24) is 14.5 Å². The molecule has 146 valence electrons. The lowest BCUT2D eigenvalue weighted by Gasteiger charge is -2.39. The third-order valence-electron chi connectivity index (χ3n) is 5.29. The molecule has 0 fully saturated rings. The maximum Gasteiger partial charge on any atom is 0.139 e. The lowest BCUT2D eigenvalue weighted by molar-refractivity contribution is 0.254. The molecule has 0 saturated carbocycles. The van der Waals surface area contributed by atoms with Gasteiger partial charge in [-0.25, -0.2) is 0 Å². The Morgan fingerprint density at radius 1 is 0.714 bits per heavy atom. The van der Waals surface area contributed by atoms with E-state index in [1.807, 2.05) is 26.0 Å². The molecule has 0 saturated heterocycles. The van der Waals surface area contributed by atoms with Gasteiger partial charge in [-0.15, -0.1) is 0 Å². The molecule has 2 N–H and O–H groups in total. The van der Waals surface area contributed by atoms with E-state index < -0.39 is 0 Å². The summed E-state index contributed by atoms with van der Waals surface area (Å²) in [7, 11) is 0. The molecule has 2 heterocycles. The minimum absolute atomic E-state index is 0.603. The molecule has 0 aliphatic rings. The first-order valence-electron chi connectivity index (χ1n) is 9.91. The van der Waals surface area contributed by atoms with Crippen LogP contribution in [0.1, 0.15) is 33.9 Å². The number of hydrogen-bond acceptors (Lipinski definition) is 3. The van der Waals surface area contributed by atoms with Crippen molar-refractivity contribution in [2.75, 3.05) is 13.1 Å². The second-order valence-electron chi connectivity index (χ2n) is 7.75. The van der Waals surface area contributed by atoms with E-state index in [0.717, 1.165) is 46.9 Å². The maximum absolute atomic E-state index is 6.16. The van der Waals surface area contributed by atoms with Gasteiger partial charge in [0.15, 0.2) is 0 Å². The number of aryl methyl sites for hydroxylation is 4. The zero-order valence-electron chi connectivity index (χ0n) is 17.4. The third-order valence-corrected chi connectivity index (χ3v) is 5.29. The fourth-order valence-corrected chi connectivity index (χ4v) is 4.28. The summed E-state index contributed by atoms with van der Waals surface area (Å²) < 4.78 is 0.724. The first kappa shape index (κ1) is 20.2. The van der Waals surface area contributed by atoms with E-state index in [-0.39, 0.29) is 0 Å². The molecule has 0 radical (unpaired) electrons. The number of quaternary nitrogens is 1. The zero-order valence-corrected chi connectivity index (χ0v) is 17.4. The van der Waals surface area contributed by atoms with Crippen LogP contribution in [-0.4, -0.2) is 23.1 Å². The zero-order chi connectivity index (χ0) is 20.1. The van der Waals surface area contributed by atoms with E-state index in [2.05, 4.69) is 56.3 Å². The number of para-hydroxylation sites is 1. The molecule has 3 aromatic rings. The molecule has 2 aromatic heterocycles. The van der Waals surface area contributed by atoms with Gasteiger partial charge in [-0.3, -0.25) is 14.5 Å². The average molecular weight is 376 g/mol. The molecular formula is C24H31N4+. The summed E-state index contributed by atoms with van der Waals surface area (Å²) in [6, 6.07) is 19.0. The summed E-state index contributed by atoms with van der Waals surface area (Å²) in [5.74, 6) is 0. The van der Waals surface area contributed by atoms with Crippen LogP contribution in [0.4, 0.5) is 5.69 Å². The van der Waals surface area contributed by atoms with Crippen LogP contribution < -0.4 is 10.2 Å². The Hall–Kier alpha value is -2.56. The Labute approximate surface area is 168 Å². The molecule has 0 atom stereocenters. The molecule has 4 nitrogen and oxygen atoms in total. The molecule has 28 heavy (non-hydrogen) atoms. The van der Waals surface area contributed by atoms with Gasteiger partial charge in [-0.1, -0.05) is 30.3 Å². The van der Waals surface area contributed by atoms with Gasteiger partial charge in [0.1, 0.15) is 18.8 Å². The average Bonchev–Trinajstić information content (AvgIpc) is 2.62. The van der Waals surface area contributed by atoms with E-state index >= 15 is 0 Å². The molecular weight excluding hydrogens is 344 g/mol. The highest BCUT2D eigenvalue weighted by Crippen LogP contribution is 2.34. The van der Waals surface area contributed by atoms with E-state index in [1.54, 1.807) is 0 Å². The Bertz CT molecular complexity index is 881. The summed E-state index contributed by atoms with van der Waals surface area (Å²) >= 11 is 0. The molecule has 0 amide bonds. The summed E-state index contributed by atoms with van der Waals surface area (Å²) in [6.07, 6.45) is 0. The first-order chi connectivity index (χ1) is 13.4. The van der Waals surface area contributed by atoms with Crippen LogP contribution in [0.3, 0.4) is 0 Å². The predicted molar refractivity (Wildman–Crippen MR) is 117 cm³/mol. The SMILES string of the molecule is Cc1cccc(C[N+](CCN)(Cc2cccc(C)n2)c2c(C)cccc2C)n1. The molecule has 0 bridgehead atoms. The third kappa shape index (κ3) is 4.46. The molecule has 0 aliphatic heterocycles. The predicted octanol–water partition coefficient (Wildman–Crippen LogP) is 4.38. The van der Waals surface area contributed by atoms with Crippen LogP contribution in [0.25, 0.3) is 0 Å². The number of hydrogen-bond donors (Lipinski definition) is 1. The highest BCUT2D eigenvalue weighted by Gasteiger charge is 2.34. The van der Waals surface area contributed by atoms with E-state index in [9.17, 15) is 0 Å². The second kappa shape index (κ2) is 8.63. The Morgan fingerprint density at radius 3 is 1.61 bits per heavy atom. The van der Waals surface area contributed by atoms with Gasteiger partial charge < -0.3 is 5.73 Å². The van der Waals surface area contributed by atoms with Crippen LogP contribution in [-0.2, 0) is 13.1 Å². The fraction of sp³-hybridized carbons (Fsp3) is 0.333. The van der Waals surface area contributed by atoms with Crippen LogP contribution in [0, 0.1) is 27.7 Å². The number of nitrogens with two attached hydrogens (primary N) is 1. The molecule has 0 unspecified atom stereocenters.